The van der Waals surface area contributed by atoms with Crippen molar-refractivity contribution in [3.8, 4) is 0 Å². The molecule has 0 bridgehead atoms. The quantitative estimate of drug-likeness (QED) is 0.730. The van der Waals surface area contributed by atoms with Crippen molar-refractivity contribution in [3.63, 3.8) is 0 Å². The van der Waals surface area contributed by atoms with Crippen molar-refractivity contribution in [1.29, 1.82) is 0 Å². The Morgan fingerprint density at radius 2 is 1.88 bits per heavy atom. The van der Waals surface area contributed by atoms with Crippen molar-refractivity contribution in [2.75, 3.05) is 0 Å². The highest BCUT2D eigenvalue weighted by Gasteiger charge is 2.35. The Kier molecular flexibility index (Phi) is 3.33. The first-order valence-electron chi connectivity index (χ1n) is 6.28. The molecule has 0 spiro atoms. The first-order valence-corrected chi connectivity index (χ1v) is 6.28. The number of rotatable bonds is 2. The molecule has 1 fully saturated rings. The topological polar surface area (TPSA) is 40.5 Å². The predicted octanol–water partition coefficient (Wildman–Crippen LogP) is 2.28. The molecule has 0 amide bonds. The van der Waals surface area contributed by atoms with E-state index in [1.165, 1.54) is 0 Å². The number of carboxylic acids is 1. The Morgan fingerprint density at radius 3 is 2.44 bits per heavy atom. The normalized spacial score (nSPS) is 40.1. The summed E-state index contributed by atoms with van der Waals surface area (Å²) in [6.07, 6.45) is 8.35. The van der Waals surface area contributed by atoms with E-state index in [0.29, 0.717) is 18.1 Å². The van der Waals surface area contributed by atoms with E-state index in [4.69, 9.17) is 5.11 Å². The fraction of sp³-hybridized carbons (Fsp3) is 0.769. The number of hydrogen-bond acceptors (Lipinski definition) is 2. The third kappa shape index (κ3) is 2.14. The zero-order valence-electron chi connectivity index (χ0n) is 10.1. The summed E-state index contributed by atoms with van der Waals surface area (Å²) in [5, 5.41) is 9.10. The standard InChI is InChI=1S/C13H21NO2/c1-9-6-7-10(2)14(9)12-5-3-4-11(8-12)13(15)16/h6-7,9-12H,3-5,8H2,1-2H3,(H,15,16). The molecule has 0 radical (unpaired) electrons. The number of carboxylic acid groups (broad SMARTS) is 1. The summed E-state index contributed by atoms with van der Waals surface area (Å²) in [6.45, 7) is 4.40. The molecular weight excluding hydrogens is 202 g/mol. The lowest BCUT2D eigenvalue weighted by Crippen LogP contribution is -2.45. The van der Waals surface area contributed by atoms with Gasteiger partial charge in [0.15, 0.2) is 0 Å². The van der Waals surface area contributed by atoms with Crippen LogP contribution >= 0.6 is 0 Å². The van der Waals surface area contributed by atoms with E-state index in [0.717, 1.165) is 25.7 Å². The van der Waals surface area contributed by atoms with Gasteiger partial charge in [-0.15, -0.1) is 0 Å². The molecule has 1 heterocycles. The molecule has 90 valence electrons. The van der Waals surface area contributed by atoms with E-state index in [1.807, 2.05) is 0 Å². The zero-order valence-corrected chi connectivity index (χ0v) is 10.1. The molecule has 1 aliphatic heterocycles. The highest BCUT2D eigenvalue weighted by molar-refractivity contribution is 5.70. The highest BCUT2D eigenvalue weighted by atomic mass is 16.4. The molecule has 1 saturated carbocycles. The van der Waals surface area contributed by atoms with Crippen molar-refractivity contribution in [2.45, 2.75) is 57.7 Å². The van der Waals surface area contributed by atoms with Crippen LogP contribution in [0.15, 0.2) is 12.2 Å². The molecule has 1 aliphatic carbocycles. The summed E-state index contributed by atoms with van der Waals surface area (Å²) in [5.41, 5.74) is 0. The number of nitrogens with zero attached hydrogens (tertiary/aromatic N) is 1. The third-order valence-electron chi connectivity index (χ3n) is 4.03. The number of hydrogen-bond donors (Lipinski definition) is 1. The SMILES string of the molecule is CC1C=CC(C)N1C1CCCC(C(=O)O)C1. The van der Waals surface area contributed by atoms with Crippen LogP contribution in [-0.4, -0.2) is 34.1 Å². The first-order chi connectivity index (χ1) is 7.59. The van der Waals surface area contributed by atoms with Crippen molar-refractivity contribution in [3.05, 3.63) is 12.2 Å². The second-order valence-corrected chi connectivity index (χ2v) is 5.17. The predicted molar refractivity (Wildman–Crippen MR) is 63.3 cm³/mol. The van der Waals surface area contributed by atoms with Gasteiger partial charge < -0.3 is 5.11 Å². The Labute approximate surface area is 97.1 Å². The second kappa shape index (κ2) is 4.58. The zero-order chi connectivity index (χ0) is 11.7. The molecule has 2 rings (SSSR count). The van der Waals surface area contributed by atoms with E-state index in [1.54, 1.807) is 0 Å². The van der Waals surface area contributed by atoms with Crippen LogP contribution < -0.4 is 0 Å². The summed E-state index contributed by atoms with van der Waals surface area (Å²) in [7, 11) is 0. The summed E-state index contributed by atoms with van der Waals surface area (Å²) in [6, 6.07) is 1.38. The molecule has 3 nitrogen and oxygen atoms in total. The molecule has 1 N–H and O–H groups in total. The minimum Gasteiger partial charge on any atom is -0.481 e. The van der Waals surface area contributed by atoms with Crippen molar-refractivity contribution >= 4 is 5.97 Å². The van der Waals surface area contributed by atoms with Gasteiger partial charge in [0.05, 0.1) is 5.92 Å². The minimum absolute atomic E-state index is 0.126. The van der Waals surface area contributed by atoms with Gasteiger partial charge in [-0.1, -0.05) is 18.6 Å². The summed E-state index contributed by atoms with van der Waals surface area (Å²) in [5.74, 6) is -0.740. The van der Waals surface area contributed by atoms with Crippen LogP contribution in [0, 0.1) is 5.92 Å². The Balaban J connectivity index is 2.02. The highest BCUT2D eigenvalue weighted by Crippen LogP contribution is 2.32. The lowest BCUT2D eigenvalue weighted by Gasteiger charge is -2.39. The van der Waals surface area contributed by atoms with Crippen molar-refractivity contribution < 1.29 is 9.90 Å². The van der Waals surface area contributed by atoms with Gasteiger partial charge in [-0.25, -0.2) is 0 Å². The van der Waals surface area contributed by atoms with Crippen LogP contribution in [-0.2, 0) is 4.79 Å². The molecule has 0 saturated heterocycles. The van der Waals surface area contributed by atoms with Gasteiger partial charge in [0.25, 0.3) is 0 Å². The van der Waals surface area contributed by atoms with Gasteiger partial charge in [-0.3, -0.25) is 9.69 Å². The fourth-order valence-electron chi connectivity index (χ4n) is 3.22. The van der Waals surface area contributed by atoms with Gasteiger partial charge in [0.2, 0.25) is 0 Å². The number of aliphatic carboxylic acids is 1. The Hall–Kier alpha value is -0.830. The van der Waals surface area contributed by atoms with E-state index in [-0.39, 0.29) is 5.92 Å². The lowest BCUT2D eigenvalue weighted by molar-refractivity contribution is -0.143. The van der Waals surface area contributed by atoms with Gasteiger partial charge in [0, 0.05) is 18.1 Å². The first kappa shape index (κ1) is 11.6. The van der Waals surface area contributed by atoms with Crippen LogP contribution in [0.25, 0.3) is 0 Å². The molecule has 0 aromatic heterocycles. The average molecular weight is 223 g/mol. The van der Waals surface area contributed by atoms with Crippen LogP contribution in [0.3, 0.4) is 0 Å². The maximum Gasteiger partial charge on any atom is 0.306 e. The minimum atomic E-state index is -0.614. The third-order valence-corrected chi connectivity index (χ3v) is 4.03. The van der Waals surface area contributed by atoms with Crippen LogP contribution in [0.2, 0.25) is 0 Å². The smallest absolute Gasteiger partial charge is 0.306 e. The van der Waals surface area contributed by atoms with Gasteiger partial charge in [-0.2, -0.15) is 0 Å². The molecular formula is C13H21NO2. The molecule has 0 aromatic carbocycles. The maximum atomic E-state index is 11.0. The summed E-state index contributed by atoms with van der Waals surface area (Å²) < 4.78 is 0. The monoisotopic (exact) mass is 223 g/mol. The maximum absolute atomic E-state index is 11.0. The van der Waals surface area contributed by atoms with Gasteiger partial charge >= 0.3 is 5.97 Å². The van der Waals surface area contributed by atoms with E-state index >= 15 is 0 Å². The molecule has 4 atom stereocenters. The Morgan fingerprint density at radius 1 is 1.25 bits per heavy atom. The Bertz CT molecular complexity index is 288. The van der Waals surface area contributed by atoms with E-state index < -0.39 is 5.97 Å². The van der Waals surface area contributed by atoms with Gasteiger partial charge in [-0.05, 0) is 33.1 Å². The molecule has 2 aliphatic rings. The number of carbonyl (C=O) groups is 1. The average Bonchev–Trinajstić information content (AvgIpc) is 2.59. The van der Waals surface area contributed by atoms with Crippen LogP contribution in [0.4, 0.5) is 0 Å². The summed E-state index contributed by atoms with van der Waals surface area (Å²) in [4.78, 5) is 13.5. The lowest BCUT2D eigenvalue weighted by atomic mass is 9.84. The van der Waals surface area contributed by atoms with E-state index in [9.17, 15) is 4.79 Å². The fourth-order valence-corrected chi connectivity index (χ4v) is 3.22. The van der Waals surface area contributed by atoms with Crippen molar-refractivity contribution in [2.24, 2.45) is 5.92 Å². The molecule has 0 aromatic rings. The molecule has 3 heteroatoms. The van der Waals surface area contributed by atoms with Crippen molar-refractivity contribution in [1.82, 2.24) is 4.90 Å². The largest absolute Gasteiger partial charge is 0.481 e. The molecule has 16 heavy (non-hydrogen) atoms. The summed E-state index contributed by atoms with van der Waals surface area (Å²) >= 11 is 0. The molecule has 4 unspecified atom stereocenters. The van der Waals surface area contributed by atoms with Crippen LogP contribution in [0.1, 0.15) is 39.5 Å². The van der Waals surface area contributed by atoms with E-state index in [2.05, 4.69) is 30.9 Å². The second-order valence-electron chi connectivity index (χ2n) is 5.17. The van der Waals surface area contributed by atoms with Crippen LogP contribution in [0.5, 0.6) is 0 Å². The van der Waals surface area contributed by atoms with Gasteiger partial charge in [0.1, 0.15) is 0 Å².